The number of carbonyl (C=O) groups is 1. The molecule has 1 amide bonds. The molecule has 1 aromatic rings. The molecule has 3 rings (SSSR count). The van der Waals surface area contributed by atoms with Gasteiger partial charge in [0.2, 0.25) is 0 Å². The average molecular weight is 270 g/mol. The van der Waals surface area contributed by atoms with E-state index in [2.05, 4.69) is 22.1 Å². The van der Waals surface area contributed by atoms with Gasteiger partial charge in [-0.25, -0.2) is 4.98 Å². The Kier molecular flexibility index (Phi) is 3.70. The predicted molar refractivity (Wildman–Crippen MR) is 74.9 cm³/mol. The van der Waals surface area contributed by atoms with Gasteiger partial charge in [0.25, 0.3) is 5.91 Å². The third-order valence-corrected chi connectivity index (χ3v) is 3.88. The minimum atomic E-state index is -0.220. The minimum Gasteiger partial charge on any atom is -0.384 e. The molecule has 0 spiro atoms. The summed E-state index contributed by atoms with van der Waals surface area (Å²) in [5.74, 6) is 6.52. The molecule has 2 N–H and O–H groups in total. The number of hydrogen-bond donors (Lipinski definition) is 2. The first-order chi connectivity index (χ1) is 9.79. The van der Waals surface area contributed by atoms with Gasteiger partial charge in [-0.1, -0.05) is 11.8 Å². The molecule has 0 aromatic carbocycles. The van der Waals surface area contributed by atoms with E-state index in [1.807, 2.05) is 0 Å². The molecule has 0 radical (unpaired) electrons. The van der Waals surface area contributed by atoms with Crippen LogP contribution in [0.5, 0.6) is 0 Å². The summed E-state index contributed by atoms with van der Waals surface area (Å²) in [4.78, 5) is 16.5. The normalized spacial score (nSPS) is 17.5. The lowest BCUT2D eigenvalue weighted by molar-refractivity contribution is 0.0921. The quantitative estimate of drug-likeness (QED) is 0.812. The van der Waals surface area contributed by atoms with Crippen molar-refractivity contribution in [3.05, 3.63) is 29.6 Å². The van der Waals surface area contributed by atoms with E-state index >= 15 is 0 Å². The first-order valence-corrected chi connectivity index (χ1v) is 7.15. The van der Waals surface area contributed by atoms with Crippen LogP contribution in [0.15, 0.2) is 18.3 Å². The van der Waals surface area contributed by atoms with Gasteiger partial charge < -0.3 is 10.4 Å². The summed E-state index contributed by atoms with van der Waals surface area (Å²) in [6, 6.07) is 3.81. The molecule has 104 valence electrons. The number of carbonyl (C=O) groups excluding carboxylic acids is 1. The van der Waals surface area contributed by atoms with Gasteiger partial charge in [0.1, 0.15) is 12.3 Å². The molecular weight excluding hydrogens is 252 g/mol. The highest BCUT2D eigenvalue weighted by molar-refractivity contribution is 5.95. The van der Waals surface area contributed by atoms with E-state index in [0.717, 1.165) is 0 Å². The number of hydrogen-bond acceptors (Lipinski definition) is 3. The maximum atomic E-state index is 12.4. The number of pyridine rings is 1. The number of nitrogens with one attached hydrogen (secondary N) is 1. The molecule has 1 aromatic heterocycles. The molecule has 2 aliphatic carbocycles. The maximum Gasteiger partial charge on any atom is 0.271 e. The summed E-state index contributed by atoms with van der Waals surface area (Å²) in [5.41, 5.74) is 0.934. The molecule has 0 aliphatic heterocycles. The molecule has 0 atom stereocenters. The fourth-order valence-corrected chi connectivity index (χ4v) is 2.57. The monoisotopic (exact) mass is 270 g/mol. The molecule has 2 fully saturated rings. The second-order valence-electron chi connectivity index (χ2n) is 5.53. The van der Waals surface area contributed by atoms with Crippen LogP contribution in [0.25, 0.3) is 0 Å². The second kappa shape index (κ2) is 5.64. The Bertz CT molecular complexity index is 553. The summed E-state index contributed by atoms with van der Waals surface area (Å²) < 4.78 is 0. The summed E-state index contributed by atoms with van der Waals surface area (Å²) in [7, 11) is 0. The molecule has 1 heterocycles. The van der Waals surface area contributed by atoms with E-state index in [-0.39, 0.29) is 12.5 Å². The van der Waals surface area contributed by atoms with Crippen molar-refractivity contribution in [1.82, 2.24) is 10.3 Å². The van der Waals surface area contributed by atoms with E-state index in [1.54, 1.807) is 18.3 Å². The second-order valence-corrected chi connectivity index (χ2v) is 5.53. The Morgan fingerprint density at radius 3 is 2.70 bits per heavy atom. The zero-order chi connectivity index (χ0) is 13.9. The number of aromatic nitrogens is 1. The van der Waals surface area contributed by atoms with E-state index in [4.69, 9.17) is 5.11 Å². The summed E-state index contributed by atoms with van der Waals surface area (Å²) in [6.45, 7) is -0.220. The average Bonchev–Trinajstić information content (AvgIpc) is 3.35. The molecule has 0 unspecified atom stereocenters. The molecule has 20 heavy (non-hydrogen) atoms. The standard InChI is InChI=1S/C16H18N2O2/c19-10-2-4-11-3-1-9-17-15(11)16(20)18-14(12-5-6-12)13-7-8-13/h1,3,9,12-14,19H,5-8,10H2,(H,18,20). The van der Waals surface area contributed by atoms with Crippen molar-refractivity contribution in [1.29, 1.82) is 0 Å². The lowest BCUT2D eigenvalue weighted by Crippen LogP contribution is -2.38. The Hall–Kier alpha value is -1.86. The number of nitrogens with zero attached hydrogens (tertiary/aromatic N) is 1. The van der Waals surface area contributed by atoms with E-state index < -0.39 is 0 Å². The summed E-state index contributed by atoms with van der Waals surface area (Å²) in [5, 5.41) is 11.9. The van der Waals surface area contributed by atoms with E-state index in [0.29, 0.717) is 29.1 Å². The van der Waals surface area contributed by atoms with Crippen LogP contribution in [0, 0.1) is 23.7 Å². The SMILES string of the molecule is O=C(NC(C1CC1)C1CC1)c1ncccc1C#CCO. The smallest absolute Gasteiger partial charge is 0.271 e. The fourth-order valence-electron chi connectivity index (χ4n) is 2.57. The Morgan fingerprint density at radius 2 is 2.10 bits per heavy atom. The van der Waals surface area contributed by atoms with Crippen LogP contribution in [-0.4, -0.2) is 28.6 Å². The van der Waals surface area contributed by atoms with Crippen LogP contribution in [0.2, 0.25) is 0 Å². The van der Waals surface area contributed by atoms with Gasteiger partial charge >= 0.3 is 0 Å². The van der Waals surface area contributed by atoms with Crippen molar-refractivity contribution in [3.63, 3.8) is 0 Å². The highest BCUT2D eigenvalue weighted by atomic mass is 16.2. The van der Waals surface area contributed by atoms with E-state index in [1.165, 1.54) is 25.7 Å². The lowest BCUT2D eigenvalue weighted by Gasteiger charge is -2.17. The molecule has 4 heteroatoms. The zero-order valence-electron chi connectivity index (χ0n) is 11.3. The molecule has 2 saturated carbocycles. The van der Waals surface area contributed by atoms with Crippen molar-refractivity contribution >= 4 is 5.91 Å². The van der Waals surface area contributed by atoms with Gasteiger partial charge in [-0.2, -0.15) is 0 Å². The van der Waals surface area contributed by atoms with Crippen molar-refractivity contribution in [2.75, 3.05) is 6.61 Å². The van der Waals surface area contributed by atoms with Gasteiger partial charge in [0, 0.05) is 12.2 Å². The van der Waals surface area contributed by atoms with Crippen molar-refractivity contribution in [3.8, 4) is 11.8 Å². The van der Waals surface area contributed by atoms with Gasteiger partial charge in [-0.15, -0.1) is 0 Å². The van der Waals surface area contributed by atoms with Crippen LogP contribution >= 0.6 is 0 Å². The maximum absolute atomic E-state index is 12.4. The van der Waals surface area contributed by atoms with Crippen LogP contribution in [0.4, 0.5) is 0 Å². The number of aliphatic hydroxyl groups excluding tert-OH is 1. The molecular formula is C16H18N2O2. The first kappa shape index (κ1) is 13.1. The third kappa shape index (κ3) is 3.00. The number of aliphatic hydroxyl groups is 1. The first-order valence-electron chi connectivity index (χ1n) is 7.15. The summed E-state index contributed by atoms with van der Waals surface area (Å²) >= 11 is 0. The van der Waals surface area contributed by atoms with Crippen LogP contribution in [-0.2, 0) is 0 Å². The van der Waals surface area contributed by atoms with Crippen molar-refractivity contribution < 1.29 is 9.90 Å². The van der Waals surface area contributed by atoms with Crippen LogP contribution in [0.3, 0.4) is 0 Å². The molecule has 4 nitrogen and oxygen atoms in total. The Labute approximate surface area is 118 Å². The van der Waals surface area contributed by atoms with Gasteiger partial charge in [-0.05, 0) is 49.7 Å². The predicted octanol–water partition coefficient (Wildman–Crippen LogP) is 1.34. The zero-order valence-corrected chi connectivity index (χ0v) is 11.3. The van der Waals surface area contributed by atoms with Crippen LogP contribution < -0.4 is 5.32 Å². The van der Waals surface area contributed by atoms with Crippen LogP contribution in [0.1, 0.15) is 41.7 Å². The van der Waals surface area contributed by atoms with Crippen molar-refractivity contribution in [2.24, 2.45) is 11.8 Å². The molecule has 0 bridgehead atoms. The lowest BCUT2D eigenvalue weighted by atomic mass is 10.1. The Balaban J connectivity index is 1.76. The Morgan fingerprint density at radius 1 is 1.40 bits per heavy atom. The third-order valence-electron chi connectivity index (χ3n) is 3.88. The number of amides is 1. The van der Waals surface area contributed by atoms with Crippen molar-refractivity contribution in [2.45, 2.75) is 31.7 Å². The van der Waals surface area contributed by atoms with Gasteiger partial charge in [-0.3, -0.25) is 4.79 Å². The largest absolute Gasteiger partial charge is 0.384 e. The van der Waals surface area contributed by atoms with Gasteiger partial charge in [0.15, 0.2) is 0 Å². The highest BCUT2D eigenvalue weighted by Crippen LogP contribution is 2.44. The molecule has 2 aliphatic rings. The van der Waals surface area contributed by atoms with Gasteiger partial charge in [0.05, 0.1) is 5.56 Å². The highest BCUT2D eigenvalue weighted by Gasteiger charge is 2.42. The minimum absolute atomic E-state index is 0.142. The number of rotatable bonds is 4. The van der Waals surface area contributed by atoms with E-state index in [9.17, 15) is 4.79 Å². The topological polar surface area (TPSA) is 62.2 Å². The fraction of sp³-hybridized carbons (Fsp3) is 0.500. The summed E-state index contributed by atoms with van der Waals surface area (Å²) in [6.07, 6.45) is 6.49. The molecule has 0 saturated heterocycles.